The van der Waals surface area contributed by atoms with Gasteiger partial charge in [-0.05, 0) is 11.6 Å². The van der Waals surface area contributed by atoms with Crippen molar-refractivity contribution in [2.45, 2.75) is 12.5 Å². The molecule has 2 nitrogen and oxygen atoms in total. The van der Waals surface area contributed by atoms with Gasteiger partial charge in [-0.25, -0.2) is 0 Å². The van der Waals surface area contributed by atoms with Crippen LogP contribution in [-0.4, -0.2) is 17.8 Å². The molecular weight excluding hydrogens is 174 g/mol. The number of hydrogen-bond acceptors (Lipinski definition) is 2. The van der Waals surface area contributed by atoms with Crippen LogP contribution in [0.5, 0.6) is 0 Å². The number of aliphatic hydroxyl groups excluding tert-OH is 1. The van der Waals surface area contributed by atoms with Crippen molar-refractivity contribution in [2.24, 2.45) is 0 Å². The number of para-hydroxylation sites is 1. The van der Waals surface area contributed by atoms with Crippen LogP contribution < -0.4 is 5.32 Å². The number of aliphatic hydroxyl groups is 1. The van der Waals surface area contributed by atoms with Crippen molar-refractivity contribution in [3.05, 3.63) is 28.8 Å². The molecule has 0 aliphatic carbocycles. The topological polar surface area (TPSA) is 32.3 Å². The van der Waals surface area contributed by atoms with Gasteiger partial charge in [0.2, 0.25) is 0 Å². The zero-order valence-corrected chi connectivity index (χ0v) is 7.30. The average Bonchev–Trinajstić information content (AvgIpc) is 2.04. The first-order chi connectivity index (χ1) is 5.77. The van der Waals surface area contributed by atoms with Gasteiger partial charge in [-0.15, -0.1) is 0 Å². The molecule has 0 bridgehead atoms. The molecule has 1 atom stereocenters. The molecule has 2 rings (SSSR count). The van der Waals surface area contributed by atoms with Crippen molar-refractivity contribution in [2.75, 3.05) is 11.9 Å². The lowest BCUT2D eigenvalue weighted by atomic mass is 10.0. The summed E-state index contributed by atoms with van der Waals surface area (Å²) in [5.74, 6) is 0. The first kappa shape index (κ1) is 7.90. The van der Waals surface area contributed by atoms with E-state index in [1.165, 1.54) is 0 Å². The van der Waals surface area contributed by atoms with E-state index in [0.29, 0.717) is 13.0 Å². The van der Waals surface area contributed by atoms with Crippen molar-refractivity contribution in [1.82, 2.24) is 0 Å². The number of rotatable bonds is 0. The van der Waals surface area contributed by atoms with Crippen LogP contribution in [-0.2, 0) is 6.42 Å². The minimum absolute atomic E-state index is 0.282. The van der Waals surface area contributed by atoms with Crippen LogP contribution in [0.25, 0.3) is 0 Å². The van der Waals surface area contributed by atoms with Crippen molar-refractivity contribution < 1.29 is 5.11 Å². The zero-order chi connectivity index (χ0) is 8.55. The van der Waals surface area contributed by atoms with Crippen LogP contribution in [0, 0.1) is 0 Å². The lowest BCUT2D eigenvalue weighted by Gasteiger charge is -2.23. The maximum Gasteiger partial charge on any atom is 0.0753 e. The van der Waals surface area contributed by atoms with E-state index in [1.54, 1.807) is 0 Å². The molecule has 2 N–H and O–H groups in total. The van der Waals surface area contributed by atoms with Gasteiger partial charge in [0.1, 0.15) is 0 Å². The Hall–Kier alpha value is -0.730. The lowest BCUT2D eigenvalue weighted by molar-refractivity contribution is 0.184. The third-order valence-electron chi connectivity index (χ3n) is 2.07. The van der Waals surface area contributed by atoms with Gasteiger partial charge in [0.15, 0.2) is 0 Å². The van der Waals surface area contributed by atoms with Gasteiger partial charge in [0, 0.05) is 13.0 Å². The monoisotopic (exact) mass is 183 g/mol. The fourth-order valence-corrected chi connectivity index (χ4v) is 1.74. The quantitative estimate of drug-likeness (QED) is 0.642. The molecule has 1 unspecified atom stereocenters. The zero-order valence-electron chi connectivity index (χ0n) is 6.55. The molecule has 3 heteroatoms. The number of benzene rings is 1. The second-order valence-corrected chi connectivity index (χ2v) is 3.42. The Morgan fingerprint density at radius 1 is 1.50 bits per heavy atom. The van der Waals surface area contributed by atoms with Crippen LogP contribution in [0.3, 0.4) is 0 Å². The first-order valence-electron chi connectivity index (χ1n) is 3.96. The van der Waals surface area contributed by atoms with Crippen LogP contribution in [0.15, 0.2) is 18.2 Å². The highest BCUT2D eigenvalue weighted by atomic mass is 35.5. The molecule has 1 aliphatic rings. The molecule has 0 spiro atoms. The predicted molar refractivity (Wildman–Crippen MR) is 49.7 cm³/mol. The van der Waals surface area contributed by atoms with E-state index in [-0.39, 0.29) is 6.10 Å². The van der Waals surface area contributed by atoms with Crippen LogP contribution in [0.2, 0.25) is 5.02 Å². The van der Waals surface area contributed by atoms with Crippen LogP contribution >= 0.6 is 11.6 Å². The smallest absolute Gasteiger partial charge is 0.0753 e. The fraction of sp³-hybridized carbons (Fsp3) is 0.333. The molecule has 0 amide bonds. The molecule has 1 aromatic carbocycles. The summed E-state index contributed by atoms with van der Waals surface area (Å²) in [6.07, 6.45) is 0.416. The summed E-state index contributed by atoms with van der Waals surface area (Å²) < 4.78 is 0. The van der Waals surface area contributed by atoms with Crippen molar-refractivity contribution in [3.8, 4) is 0 Å². The van der Waals surface area contributed by atoms with Crippen LogP contribution in [0.1, 0.15) is 5.56 Å². The summed E-state index contributed by atoms with van der Waals surface area (Å²) in [6, 6.07) is 5.74. The third kappa shape index (κ3) is 1.28. The molecule has 1 heterocycles. The Morgan fingerprint density at radius 2 is 2.33 bits per heavy atom. The predicted octanol–water partition coefficient (Wildman–Crippen LogP) is 1.67. The molecule has 12 heavy (non-hydrogen) atoms. The SMILES string of the molecule is OC1CNc2c(Cl)cccc2C1. The second kappa shape index (κ2) is 2.96. The van der Waals surface area contributed by atoms with Crippen molar-refractivity contribution in [1.29, 1.82) is 0 Å². The van der Waals surface area contributed by atoms with E-state index in [2.05, 4.69) is 5.32 Å². The maximum atomic E-state index is 9.34. The molecule has 0 saturated heterocycles. The van der Waals surface area contributed by atoms with Gasteiger partial charge in [-0.3, -0.25) is 0 Å². The summed E-state index contributed by atoms with van der Waals surface area (Å²) >= 11 is 5.95. The Bertz CT molecular complexity index is 301. The Labute approximate surface area is 76.2 Å². The van der Waals surface area contributed by atoms with E-state index in [9.17, 15) is 5.11 Å². The van der Waals surface area contributed by atoms with E-state index in [0.717, 1.165) is 16.3 Å². The number of β-amino-alcohol motifs (C(OH)–C–C–N with tert-alkyl or cyclic N) is 1. The summed E-state index contributed by atoms with van der Waals surface area (Å²) in [4.78, 5) is 0. The Morgan fingerprint density at radius 3 is 3.17 bits per heavy atom. The minimum Gasteiger partial charge on any atom is -0.391 e. The third-order valence-corrected chi connectivity index (χ3v) is 2.38. The van der Waals surface area contributed by atoms with E-state index in [1.807, 2.05) is 18.2 Å². The molecular formula is C9H10ClNO. The molecule has 0 fully saturated rings. The fourth-order valence-electron chi connectivity index (χ4n) is 1.48. The number of halogens is 1. The van der Waals surface area contributed by atoms with E-state index in [4.69, 9.17) is 11.6 Å². The molecule has 0 saturated carbocycles. The molecule has 0 radical (unpaired) electrons. The summed E-state index contributed by atoms with van der Waals surface area (Å²) in [5.41, 5.74) is 2.07. The molecule has 0 aromatic heterocycles. The Balaban J connectivity index is 2.42. The highest BCUT2D eigenvalue weighted by Crippen LogP contribution is 2.29. The molecule has 64 valence electrons. The van der Waals surface area contributed by atoms with Gasteiger partial charge >= 0.3 is 0 Å². The van der Waals surface area contributed by atoms with Gasteiger partial charge in [-0.1, -0.05) is 23.7 Å². The lowest BCUT2D eigenvalue weighted by Crippen LogP contribution is -2.27. The van der Waals surface area contributed by atoms with Crippen LogP contribution in [0.4, 0.5) is 5.69 Å². The first-order valence-corrected chi connectivity index (χ1v) is 4.34. The second-order valence-electron chi connectivity index (χ2n) is 3.01. The maximum absolute atomic E-state index is 9.34. The highest BCUT2D eigenvalue weighted by Gasteiger charge is 2.16. The summed E-state index contributed by atoms with van der Waals surface area (Å²) in [7, 11) is 0. The number of fused-ring (bicyclic) bond motifs is 1. The Kier molecular flexibility index (Phi) is 1.95. The normalized spacial score (nSPS) is 21.3. The largest absolute Gasteiger partial charge is 0.391 e. The van der Waals surface area contributed by atoms with E-state index >= 15 is 0 Å². The molecule has 1 aromatic rings. The molecule has 1 aliphatic heterocycles. The van der Waals surface area contributed by atoms with E-state index < -0.39 is 0 Å². The minimum atomic E-state index is -0.282. The average molecular weight is 184 g/mol. The van der Waals surface area contributed by atoms with Gasteiger partial charge in [0.25, 0.3) is 0 Å². The number of anilines is 1. The number of hydrogen-bond donors (Lipinski definition) is 2. The van der Waals surface area contributed by atoms with Gasteiger partial charge in [0.05, 0.1) is 16.8 Å². The highest BCUT2D eigenvalue weighted by molar-refractivity contribution is 6.33. The summed E-state index contributed by atoms with van der Waals surface area (Å²) in [6.45, 7) is 0.594. The van der Waals surface area contributed by atoms with Crippen molar-refractivity contribution in [3.63, 3.8) is 0 Å². The van der Waals surface area contributed by atoms with Gasteiger partial charge in [-0.2, -0.15) is 0 Å². The van der Waals surface area contributed by atoms with Gasteiger partial charge < -0.3 is 10.4 Å². The standard InChI is InChI=1S/C9H10ClNO/c10-8-3-1-2-6-4-7(12)5-11-9(6)8/h1-3,7,11-12H,4-5H2. The summed E-state index contributed by atoms with van der Waals surface area (Å²) in [5, 5.41) is 13.2. The number of nitrogens with one attached hydrogen (secondary N) is 1. The van der Waals surface area contributed by atoms with Crippen molar-refractivity contribution >= 4 is 17.3 Å².